The Balaban J connectivity index is 2.39. The lowest BCUT2D eigenvalue weighted by Crippen LogP contribution is -2.41. The number of carbonyl (C=O) groups is 1. The first-order valence-corrected chi connectivity index (χ1v) is 8.44. The molecule has 0 bridgehead atoms. The van der Waals surface area contributed by atoms with Crippen LogP contribution in [0.5, 0.6) is 0 Å². The zero-order valence-corrected chi connectivity index (χ0v) is 15.1. The van der Waals surface area contributed by atoms with Gasteiger partial charge in [0.05, 0.1) is 6.61 Å². The van der Waals surface area contributed by atoms with Crippen molar-refractivity contribution in [2.45, 2.75) is 51.7 Å². The number of nitrogens with one attached hydrogen (secondary N) is 1. The van der Waals surface area contributed by atoms with E-state index in [-0.39, 0.29) is 6.09 Å². The Bertz CT molecular complexity index is 391. The van der Waals surface area contributed by atoms with Gasteiger partial charge < -0.3 is 25.4 Å². The number of ether oxygens (including phenoxy) is 2. The smallest absolute Gasteiger partial charge is 0.410 e. The van der Waals surface area contributed by atoms with E-state index in [0.29, 0.717) is 32.3 Å². The fraction of sp³-hybridized carbons (Fsp3) is 0.824. The van der Waals surface area contributed by atoms with Crippen LogP contribution in [-0.2, 0) is 9.47 Å². The van der Waals surface area contributed by atoms with E-state index in [9.17, 15) is 4.79 Å². The third kappa shape index (κ3) is 8.34. The molecule has 0 saturated carbocycles. The summed E-state index contributed by atoms with van der Waals surface area (Å²) in [6.45, 7) is 9.21. The summed E-state index contributed by atoms with van der Waals surface area (Å²) in [7, 11) is 1.72. The Morgan fingerprint density at radius 3 is 2.74 bits per heavy atom. The maximum absolute atomic E-state index is 12.0. The van der Waals surface area contributed by atoms with E-state index in [1.807, 2.05) is 20.8 Å². The van der Waals surface area contributed by atoms with Crippen LogP contribution in [0, 0.1) is 0 Å². The van der Waals surface area contributed by atoms with Crippen molar-refractivity contribution >= 4 is 6.09 Å². The lowest BCUT2D eigenvalue weighted by atomic mass is 10.1. The molecule has 3 N–H and O–H groups in total. The highest BCUT2D eigenvalue weighted by Gasteiger charge is 2.23. The number of methoxy groups -OCH3 is 1. The Hall–Kier alpha value is -1.11. The maximum atomic E-state index is 12.0. The van der Waals surface area contributed by atoms with Crippen molar-refractivity contribution in [3.63, 3.8) is 0 Å². The molecule has 1 aliphatic heterocycles. The standard InChI is InChI=1S/C17H33N3O3/c1-17(2,3)23-16(21)20-10-7-14(8-11-20)12-19-15(13-22-4)6-5-9-18/h7,15,19H,5-6,8-13,18H2,1-4H3. The molecule has 134 valence electrons. The van der Waals surface area contributed by atoms with Crippen LogP contribution in [0.4, 0.5) is 4.79 Å². The molecule has 0 spiro atoms. The third-order valence-electron chi connectivity index (χ3n) is 3.70. The Kier molecular flexibility index (Phi) is 8.58. The van der Waals surface area contributed by atoms with Crippen molar-refractivity contribution in [1.29, 1.82) is 0 Å². The van der Waals surface area contributed by atoms with Crippen molar-refractivity contribution in [2.24, 2.45) is 5.73 Å². The van der Waals surface area contributed by atoms with Gasteiger partial charge in [-0.3, -0.25) is 0 Å². The molecule has 1 heterocycles. The Labute approximate surface area is 140 Å². The van der Waals surface area contributed by atoms with Crippen molar-refractivity contribution in [2.75, 3.05) is 39.9 Å². The summed E-state index contributed by atoms with van der Waals surface area (Å²) >= 11 is 0. The molecule has 6 heteroatoms. The summed E-state index contributed by atoms with van der Waals surface area (Å²) in [5.74, 6) is 0. The Morgan fingerprint density at radius 1 is 1.48 bits per heavy atom. The fourth-order valence-corrected chi connectivity index (χ4v) is 2.45. The second kappa shape index (κ2) is 9.90. The molecule has 0 aromatic heterocycles. The third-order valence-corrected chi connectivity index (χ3v) is 3.70. The molecule has 0 fully saturated rings. The maximum Gasteiger partial charge on any atom is 0.410 e. The minimum absolute atomic E-state index is 0.235. The first kappa shape index (κ1) is 19.9. The number of hydrogen-bond acceptors (Lipinski definition) is 5. The molecule has 1 aliphatic rings. The normalized spacial score (nSPS) is 16.9. The lowest BCUT2D eigenvalue weighted by Gasteiger charge is -2.30. The minimum atomic E-state index is -0.445. The van der Waals surface area contributed by atoms with Crippen LogP contribution in [0.2, 0.25) is 0 Å². The highest BCUT2D eigenvalue weighted by atomic mass is 16.6. The summed E-state index contributed by atoms with van der Waals surface area (Å²) in [5.41, 5.74) is 6.46. The minimum Gasteiger partial charge on any atom is -0.444 e. The van der Waals surface area contributed by atoms with E-state index in [4.69, 9.17) is 15.2 Å². The van der Waals surface area contributed by atoms with Gasteiger partial charge in [-0.1, -0.05) is 11.6 Å². The van der Waals surface area contributed by atoms with Gasteiger partial charge >= 0.3 is 6.09 Å². The zero-order valence-electron chi connectivity index (χ0n) is 15.1. The van der Waals surface area contributed by atoms with Gasteiger partial charge in [0.2, 0.25) is 0 Å². The highest BCUT2D eigenvalue weighted by molar-refractivity contribution is 5.68. The van der Waals surface area contributed by atoms with E-state index < -0.39 is 5.60 Å². The number of amides is 1. The number of carbonyl (C=O) groups excluding carboxylic acids is 1. The van der Waals surface area contributed by atoms with E-state index in [1.165, 1.54) is 5.57 Å². The molecule has 0 aromatic carbocycles. The van der Waals surface area contributed by atoms with Gasteiger partial charge in [-0.25, -0.2) is 4.79 Å². The molecule has 23 heavy (non-hydrogen) atoms. The van der Waals surface area contributed by atoms with Crippen LogP contribution in [0.1, 0.15) is 40.0 Å². The van der Waals surface area contributed by atoms with Gasteiger partial charge in [0.25, 0.3) is 0 Å². The van der Waals surface area contributed by atoms with Gasteiger partial charge in [0.1, 0.15) is 5.60 Å². The fourth-order valence-electron chi connectivity index (χ4n) is 2.45. The number of nitrogens with zero attached hydrogens (tertiary/aromatic N) is 1. The van der Waals surface area contributed by atoms with E-state index in [1.54, 1.807) is 12.0 Å². The molecular weight excluding hydrogens is 294 g/mol. The molecule has 6 nitrogen and oxygen atoms in total. The van der Waals surface area contributed by atoms with Gasteiger partial charge in [-0.05, 0) is 46.6 Å². The van der Waals surface area contributed by atoms with Crippen molar-refractivity contribution in [3.05, 3.63) is 11.6 Å². The molecule has 1 unspecified atom stereocenters. The summed E-state index contributed by atoms with van der Waals surface area (Å²) in [6.07, 6.45) is 4.77. The molecular formula is C17H33N3O3. The van der Waals surface area contributed by atoms with Crippen LogP contribution >= 0.6 is 0 Å². The number of hydrogen-bond donors (Lipinski definition) is 2. The van der Waals surface area contributed by atoms with E-state index >= 15 is 0 Å². The molecule has 0 radical (unpaired) electrons. The zero-order chi connectivity index (χ0) is 17.3. The average molecular weight is 327 g/mol. The predicted octanol–water partition coefficient (Wildman–Crippen LogP) is 1.90. The second-order valence-corrected chi connectivity index (χ2v) is 7.00. The molecule has 0 aromatic rings. The molecule has 0 aliphatic carbocycles. The average Bonchev–Trinajstić information content (AvgIpc) is 2.49. The van der Waals surface area contributed by atoms with Crippen LogP contribution in [0.3, 0.4) is 0 Å². The molecule has 1 atom stereocenters. The van der Waals surface area contributed by atoms with Gasteiger partial charge in [-0.2, -0.15) is 0 Å². The van der Waals surface area contributed by atoms with Gasteiger partial charge in [0.15, 0.2) is 0 Å². The quantitative estimate of drug-likeness (QED) is 0.666. The SMILES string of the molecule is COCC(CCCN)NCC1=CCN(C(=O)OC(C)(C)C)CC1. The van der Waals surface area contributed by atoms with Gasteiger partial charge in [0, 0.05) is 32.8 Å². The molecule has 0 saturated heterocycles. The summed E-state index contributed by atoms with van der Waals surface area (Å²) in [5, 5.41) is 3.52. The summed E-state index contributed by atoms with van der Waals surface area (Å²) in [6, 6.07) is 0.327. The molecule has 1 amide bonds. The monoisotopic (exact) mass is 327 g/mol. The second-order valence-electron chi connectivity index (χ2n) is 7.00. The van der Waals surface area contributed by atoms with Crippen LogP contribution in [0.25, 0.3) is 0 Å². The van der Waals surface area contributed by atoms with Gasteiger partial charge in [-0.15, -0.1) is 0 Å². The lowest BCUT2D eigenvalue weighted by molar-refractivity contribution is 0.0265. The number of rotatable bonds is 8. The van der Waals surface area contributed by atoms with Crippen molar-refractivity contribution < 1.29 is 14.3 Å². The first-order chi connectivity index (χ1) is 10.9. The van der Waals surface area contributed by atoms with Crippen LogP contribution in [-0.4, -0.2) is 62.5 Å². The number of nitrogens with two attached hydrogens (primary N) is 1. The summed E-state index contributed by atoms with van der Waals surface area (Å²) < 4.78 is 10.6. The van der Waals surface area contributed by atoms with E-state index in [0.717, 1.165) is 25.8 Å². The van der Waals surface area contributed by atoms with Crippen molar-refractivity contribution in [3.8, 4) is 0 Å². The molecule has 1 rings (SSSR count). The Morgan fingerprint density at radius 2 is 2.22 bits per heavy atom. The van der Waals surface area contributed by atoms with E-state index in [2.05, 4.69) is 11.4 Å². The topological polar surface area (TPSA) is 76.8 Å². The predicted molar refractivity (Wildman–Crippen MR) is 92.5 cm³/mol. The van der Waals surface area contributed by atoms with Crippen molar-refractivity contribution in [1.82, 2.24) is 10.2 Å². The highest BCUT2D eigenvalue weighted by Crippen LogP contribution is 2.15. The largest absolute Gasteiger partial charge is 0.444 e. The first-order valence-electron chi connectivity index (χ1n) is 8.44. The van der Waals surface area contributed by atoms with Crippen LogP contribution < -0.4 is 11.1 Å². The van der Waals surface area contributed by atoms with Crippen LogP contribution in [0.15, 0.2) is 11.6 Å². The summed E-state index contributed by atoms with van der Waals surface area (Å²) in [4.78, 5) is 13.8.